The lowest BCUT2D eigenvalue weighted by Crippen LogP contribution is -2.26. The normalized spacial score (nSPS) is 29.8. The summed E-state index contributed by atoms with van der Waals surface area (Å²) in [6.45, 7) is 5.59. The third-order valence-corrected chi connectivity index (χ3v) is 5.68. The van der Waals surface area contributed by atoms with E-state index in [-0.39, 0.29) is 0 Å². The molecule has 4 atom stereocenters. The molecule has 1 aromatic rings. The second-order valence-corrected chi connectivity index (χ2v) is 6.83. The highest BCUT2D eigenvalue weighted by molar-refractivity contribution is 5.30. The van der Waals surface area contributed by atoms with E-state index >= 15 is 0 Å². The number of hydrogen-bond donors (Lipinski definition) is 1. The lowest BCUT2D eigenvalue weighted by molar-refractivity contribution is 0.280. The largest absolute Gasteiger partial charge is 0.310 e. The molecule has 110 valence electrons. The van der Waals surface area contributed by atoms with Crippen molar-refractivity contribution in [2.75, 3.05) is 6.54 Å². The number of aryl methyl sites for hydroxylation is 1. The maximum absolute atomic E-state index is 3.76. The van der Waals surface area contributed by atoms with Gasteiger partial charge in [0.25, 0.3) is 0 Å². The molecule has 1 nitrogen and oxygen atoms in total. The first-order valence-electron chi connectivity index (χ1n) is 8.63. The van der Waals surface area contributed by atoms with Crippen LogP contribution < -0.4 is 5.32 Å². The molecule has 2 aliphatic rings. The van der Waals surface area contributed by atoms with Crippen LogP contribution in [0.15, 0.2) is 24.3 Å². The van der Waals surface area contributed by atoms with Crippen LogP contribution in [0.3, 0.4) is 0 Å². The monoisotopic (exact) mass is 271 g/mol. The fraction of sp³-hybridized carbons (Fsp3) is 0.684. The summed E-state index contributed by atoms with van der Waals surface area (Å²) in [4.78, 5) is 0. The van der Waals surface area contributed by atoms with Gasteiger partial charge in [0.15, 0.2) is 0 Å². The zero-order chi connectivity index (χ0) is 13.9. The van der Waals surface area contributed by atoms with E-state index in [0.29, 0.717) is 6.04 Å². The Bertz CT molecular complexity index is 439. The van der Waals surface area contributed by atoms with Crippen molar-refractivity contribution < 1.29 is 0 Å². The van der Waals surface area contributed by atoms with Gasteiger partial charge in [-0.15, -0.1) is 0 Å². The van der Waals surface area contributed by atoms with Crippen LogP contribution in [-0.4, -0.2) is 6.54 Å². The summed E-state index contributed by atoms with van der Waals surface area (Å²) in [5, 5.41) is 3.76. The van der Waals surface area contributed by atoms with Gasteiger partial charge in [0, 0.05) is 6.04 Å². The van der Waals surface area contributed by atoms with Crippen LogP contribution in [0, 0.1) is 17.8 Å². The maximum Gasteiger partial charge on any atom is 0.0325 e. The zero-order valence-corrected chi connectivity index (χ0v) is 13.1. The van der Waals surface area contributed by atoms with Gasteiger partial charge >= 0.3 is 0 Å². The SMILES string of the molecule is CCNC(CC1CC2CCC1C2)c1ccccc1CC. The topological polar surface area (TPSA) is 12.0 Å². The Kier molecular flexibility index (Phi) is 4.45. The lowest BCUT2D eigenvalue weighted by Gasteiger charge is -2.28. The van der Waals surface area contributed by atoms with E-state index < -0.39 is 0 Å². The molecule has 2 bridgehead atoms. The van der Waals surface area contributed by atoms with E-state index in [0.717, 1.165) is 30.7 Å². The van der Waals surface area contributed by atoms with Crippen LogP contribution in [0.1, 0.15) is 63.1 Å². The van der Waals surface area contributed by atoms with Crippen molar-refractivity contribution in [3.8, 4) is 0 Å². The van der Waals surface area contributed by atoms with Crippen LogP contribution in [0.5, 0.6) is 0 Å². The van der Waals surface area contributed by atoms with Gasteiger partial charge in [-0.05, 0) is 67.5 Å². The molecule has 0 saturated heterocycles. The van der Waals surface area contributed by atoms with E-state index in [1.807, 2.05) is 0 Å². The highest BCUT2D eigenvalue weighted by Gasteiger charge is 2.40. The van der Waals surface area contributed by atoms with Crippen molar-refractivity contribution in [1.82, 2.24) is 5.32 Å². The van der Waals surface area contributed by atoms with Crippen LogP contribution in [0.2, 0.25) is 0 Å². The zero-order valence-electron chi connectivity index (χ0n) is 13.1. The smallest absolute Gasteiger partial charge is 0.0325 e. The first-order chi connectivity index (χ1) is 9.81. The van der Waals surface area contributed by atoms with E-state index in [1.165, 1.54) is 37.7 Å². The molecule has 0 radical (unpaired) electrons. The Labute approximate surface area is 124 Å². The summed E-state index contributed by atoms with van der Waals surface area (Å²) in [5.41, 5.74) is 3.08. The Balaban J connectivity index is 1.75. The molecule has 2 aliphatic carbocycles. The lowest BCUT2D eigenvalue weighted by atomic mass is 9.82. The van der Waals surface area contributed by atoms with E-state index in [4.69, 9.17) is 0 Å². The molecule has 20 heavy (non-hydrogen) atoms. The van der Waals surface area contributed by atoms with Gasteiger partial charge in [0.05, 0.1) is 0 Å². The Morgan fingerprint density at radius 2 is 2.00 bits per heavy atom. The minimum Gasteiger partial charge on any atom is -0.310 e. The minimum atomic E-state index is 0.570. The van der Waals surface area contributed by atoms with E-state index in [1.54, 1.807) is 5.56 Å². The summed E-state index contributed by atoms with van der Waals surface area (Å²) in [7, 11) is 0. The van der Waals surface area contributed by atoms with Crippen LogP contribution in [0.4, 0.5) is 0 Å². The van der Waals surface area contributed by atoms with Crippen molar-refractivity contribution in [3.05, 3.63) is 35.4 Å². The average molecular weight is 271 g/mol. The summed E-state index contributed by atoms with van der Waals surface area (Å²) in [6.07, 6.45) is 8.54. The molecular weight excluding hydrogens is 242 g/mol. The first kappa shape index (κ1) is 14.1. The molecule has 0 aliphatic heterocycles. The molecule has 1 N–H and O–H groups in total. The molecule has 4 unspecified atom stereocenters. The predicted octanol–water partition coefficient (Wildman–Crippen LogP) is 4.73. The van der Waals surface area contributed by atoms with Crippen molar-refractivity contribution in [2.24, 2.45) is 17.8 Å². The van der Waals surface area contributed by atoms with E-state index in [2.05, 4.69) is 43.4 Å². The Morgan fingerprint density at radius 3 is 2.65 bits per heavy atom. The van der Waals surface area contributed by atoms with Crippen molar-refractivity contribution >= 4 is 0 Å². The second kappa shape index (κ2) is 6.30. The average Bonchev–Trinajstić information content (AvgIpc) is 3.09. The number of hydrogen-bond acceptors (Lipinski definition) is 1. The van der Waals surface area contributed by atoms with E-state index in [9.17, 15) is 0 Å². The third kappa shape index (κ3) is 2.79. The fourth-order valence-corrected chi connectivity index (χ4v) is 4.73. The van der Waals surface area contributed by atoms with Crippen molar-refractivity contribution in [3.63, 3.8) is 0 Å². The molecule has 3 rings (SSSR count). The van der Waals surface area contributed by atoms with Crippen LogP contribution in [-0.2, 0) is 6.42 Å². The molecule has 1 heteroatoms. The number of fused-ring (bicyclic) bond motifs is 2. The fourth-order valence-electron chi connectivity index (χ4n) is 4.73. The van der Waals surface area contributed by atoms with Crippen molar-refractivity contribution in [1.29, 1.82) is 0 Å². The maximum atomic E-state index is 3.76. The third-order valence-electron chi connectivity index (χ3n) is 5.68. The number of rotatable bonds is 6. The standard InChI is InChI=1S/C19H29N/c1-3-15-7-5-6-8-18(15)19(20-4-2)13-17-12-14-9-10-16(17)11-14/h5-8,14,16-17,19-20H,3-4,9-13H2,1-2H3. The van der Waals surface area contributed by atoms with Gasteiger partial charge in [-0.3, -0.25) is 0 Å². The summed E-state index contributed by atoms with van der Waals surface area (Å²) >= 11 is 0. The van der Waals surface area contributed by atoms with Crippen LogP contribution in [0.25, 0.3) is 0 Å². The van der Waals surface area contributed by atoms with Gasteiger partial charge in [-0.2, -0.15) is 0 Å². The Morgan fingerprint density at radius 1 is 1.15 bits per heavy atom. The molecule has 0 amide bonds. The van der Waals surface area contributed by atoms with Crippen molar-refractivity contribution in [2.45, 2.75) is 58.4 Å². The molecular formula is C19H29N. The summed E-state index contributed by atoms with van der Waals surface area (Å²) in [5.74, 6) is 3.08. The van der Waals surface area contributed by atoms with Gasteiger partial charge < -0.3 is 5.32 Å². The minimum absolute atomic E-state index is 0.570. The number of benzene rings is 1. The van der Waals surface area contributed by atoms with Gasteiger partial charge in [0.2, 0.25) is 0 Å². The molecule has 0 heterocycles. The molecule has 0 spiro atoms. The second-order valence-electron chi connectivity index (χ2n) is 6.83. The summed E-state index contributed by atoms with van der Waals surface area (Å²) < 4.78 is 0. The molecule has 2 saturated carbocycles. The highest BCUT2D eigenvalue weighted by Crippen LogP contribution is 2.51. The van der Waals surface area contributed by atoms with Gasteiger partial charge in [-0.25, -0.2) is 0 Å². The van der Waals surface area contributed by atoms with Crippen LogP contribution >= 0.6 is 0 Å². The highest BCUT2D eigenvalue weighted by atomic mass is 14.9. The summed E-state index contributed by atoms with van der Waals surface area (Å²) in [6, 6.07) is 9.61. The molecule has 0 aromatic heterocycles. The Hall–Kier alpha value is -0.820. The molecule has 1 aromatic carbocycles. The predicted molar refractivity (Wildman–Crippen MR) is 85.8 cm³/mol. The quantitative estimate of drug-likeness (QED) is 0.789. The molecule has 2 fully saturated rings. The number of nitrogens with one attached hydrogen (secondary N) is 1. The van der Waals surface area contributed by atoms with Gasteiger partial charge in [-0.1, -0.05) is 44.5 Å². The van der Waals surface area contributed by atoms with Gasteiger partial charge in [0.1, 0.15) is 0 Å². The first-order valence-corrected chi connectivity index (χ1v) is 8.63.